The molecule has 0 aliphatic heterocycles. The Labute approximate surface area is 122 Å². The Hall–Kier alpha value is -2.63. The van der Waals surface area contributed by atoms with Crippen LogP contribution in [0, 0.1) is 0 Å². The highest BCUT2D eigenvalue weighted by atomic mass is 16.5. The van der Waals surface area contributed by atoms with Gasteiger partial charge in [-0.1, -0.05) is 0 Å². The van der Waals surface area contributed by atoms with Crippen LogP contribution in [-0.2, 0) is 4.74 Å². The van der Waals surface area contributed by atoms with Gasteiger partial charge in [0.15, 0.2) is 5.78 Å². The van der Waals surface area contributed by atoms with Gasteiger partial charge in [0, 0.05) is 12.5 Å². The highest BCUT2D eigenvalue weighted by Crippen LogP contribution is 2.26. The maximum atomic E-state index is 12.1. The summed E-state index contributed by atoms with van der Waals surface area (Å²) in [7, 11) is 1.57. The van der Waals surface area contributed by atoms with Gasteiger partial charge in [0.25, 0.3) is 0 Å². The third-order valence-corrected chi connectivity index (χ3v) is 2.96. The molecule has 21 heavy (non-hydrogen) atoms. The minimum absolute atomic E-state index is 0.152. The van der Waals surface area contributed by atoms with Crippen molar-refractivity contribution in [3.8, 4) is 17.0 Å². The molecule has 1 N–H and O–H groups in total. The third kappa shape index (κ3) is 2.94. The van der Waals surface area contributed by atoms with Gasteiger partial charge in [-0.3, -0.25) is 9.89 Å². The van der Waals surface area contributed by atoms with E-state index in [1.807, 2.05) is 0 Å². The first kappa shape index (κ1) is 14.8. The largest absolute Gasteiger partial charge is 0.497 e. The van der Waals surface area contributed by atoms with E-state index >= 15 is 0 Å². The lowest BCUT2D eigenvalue weighted by Gasteiger charge is -2.05. The van der Waals surface area contributed by atoms with E-state index in [9.17, 15) is 9.59 Å². The van der Waals surface area contributed by atoms with Gasteiger partial charge in [-0.05, 0) is 31.2 Å². The zero-order chi connectivity index (χ0) is 15.4. The topological polar surface area (TPSA) is 81.3 Å². The molecule has 1 heterocycles. The van der Waals surface area contributed by atoms with Crippen LogP contribution in [0.25, 0.3) is 11.3 Å². The summed E-state index contributed by atoms with van der Waals surface area (Å²) in [6.45, 7) is 3.30. The number of nitrogens with zero attached hydrogens (tertiary/aromatic N) is 1. The lowest BCUT2D eigenvalue weighted by atomic mass is 10.0. The molecule has 1 aromatic heterocycles. The van der Waals surface area contributed by atoms with Crippen molar-refractivity contribution in [2.45, 2.75) is 13.8 Å². The zero-order valence-corrected chi connectivity index (χ0v) is 12.1. The van der Waals surface area contributed by atoms with Crippen molar-refractivity contribution in [1.29, 1.82) is 0 Å². The second-order valence-corrected chi connectivity index (χ2v) is 4.33. The lowest BCUT2D eigenvalue weighted by molar-refractivity contribution is 0.0524. The normalized spacial score (nSPS) is 10.2. The van der Waals surface area contributed by atoms with Gasteiger partial charge >= 0.3 is 5.97 Å². The smallest absolute Gasteiger partial charge is 0.342 e. The first-order valence-electron chi connectivity index (χ1n) is 6.49. The molecule has 6 nitrogen and oxygen atoms in total. The Kier molecular flexibility index (Phi) is 4.37. The van der Waals surface area contributed by atoms with Crippen LogP contribution in [-0.4, -0.2) is 35.7 Å². The van der Waals surface area contributed by atoms with E-state index < -0.39 is 5.97 Å². The Balaban J connectivity index is 2.52. The fourth-order valence-electron chi connectivity index (χ4n) is 1.96. The molecule has 0 saturated heterocycles. The number of carbonyl (C=O) groups is 2. The molecule has 0 spiro atoms. The maximum Gasteiger partial charge on any atom is 0.342 e. The van der Waals surface area contributed by atoms with Crippen molar-refractivity contribution in [2.75, 3.05) is 13.7 Å². The van der Waals surface area contributed by atoms with Crippen LogP contribution in [0.5, 0.6) is 5.75 Å². The maximum absolute atomic E-state index is 12.1. The van der Waals surface area contributed by atoms with Crippen molar-refractivity contribution in [2.24, 2.45) is 0 Å². The van der Waals surface area contributed by atoms with E-state index in [4.69, 9.17) is 9.47 Å². The lowest BCUT2D eigenvalue weighted by Crippen LogP contribution is -2.10. The molecule has 0 amide bonds. The SMILES string of the molecule is CCOC(=O)c1c(-c2ccc(OC)cc2)n[nH]c1C(C)=O. The van der Waals surface area contributed by atoms with Crippen molar-refractivity contribution in [1.82, 2.24) is 10.2 Å². The second-order valence-electron chi connectivity index (χ2n) is 4.33. The Morgan fingerprint density at radius 3 is 2.43 bits per heavy atom. The number of ether oxygens (including phenoxy) is 2. The summed E-state index contributed by atoms with van der Waals surface area (Å²) in [6, 6.07) is 7.04. The molecule has 0 unspecified atom stereocenters. The number of H-pyrrole nitrogens is 1. The molecule has 0 aliphatic carbocycles. The van der Waals surface area contributed by atoms with Crippen LogP contribution >= 0.6 is 0 Å². The summed E-state index contributed by atoms with van der Waals surface area (Å²) in [5.74, 6) is -0.147. The molecule has 110 valence electrons. The van der Waals surface area contributed by atoms with E-state index in [-0.39, 0.29) is 23.6 Å². The Bertz CT molecular complexity index is 659. The van der Waals surface area contributed by atoms with Crippen molar-refractivity contribution < 1.29 is 19.1 Å². The summed E-state index contributed by atoms with van der Waals surface area (Å²) < 4.78 is 10.1. The summed E-state index contributed by atoms with van der Waals surface area (Å²) in [5.41, 5.74) is 1.40. The second kappa shape index (κ2) is 6.21. The molecule has 0 saturated carbocycles. The summed E-state index contributed by atoms with van der Waals surface area (Å²) in [4.78, 5) is 23.7. The minimum Gasteiger partial charge on any atom is -0.497 e. The van der Waals surface area contributed by atoms with Gasteiger partial charge in [-0.2, -0.15) is 5.10 Å². The van der Waals surface area contributed by atoms with Gasteiger partial charge in [-0.25, -0.2) is 4.79 Å². The number of rotatable bonds is 5. The fourth-order valence-corrected chi connectivity index (χ4v) is 1.96. The Morgan fingerprint density at radius 2 is 1.90 bits per heavy atom. The van der Waals surface area contributed by atoms with Gasteiger partial charge in [0.2, 0.25) is 0 Å². The zero-order valence-electron chi connectivity index (χ0n) is 12.1. The summed E-state index contributed by atoms with van der Waals surface area (Å²) in [5, 5.41) is 6.69. The van der Waals surface area contributed by atoms with E-state index in [0.717, 1.165) is 0 Å². The molecule has 0 bridgehead atoms. The van der Waals surface area contributed by atoms with E-state index in [0.29, 0.717) is 17.0 Å². The first-order chi connectivity index (χ1) is 10.1. The molecule has 0 atom stereocenters. The van der Waals surface area contributed by atoms with Crippen LogP contribution < -0.4 is 4.74 Å². The van der Waals surface area contributed by atoms with Crippen LogP contribution in [0.2, 0.25) is 0 Å². The third-order valence-electron chi connectivity index (χ3n) is 2.96. The molecule has 1 aromatic carbocycles. The average molecular weight is 288 g/mol. The van der Waals surface area contributed by atoms with Gasteiger partial charge in [0.05, 0.1) is 13.7 Å². The quantitative estimate of drug-likeness (QED) is 0.675. The number of ketones is 1. The fraction of sp³-hybridized carbons (Fsp3) is 0.267. The molecular weight excluding hydrogens is 272 g/mol. The standard InChI is InChI=1S/C15H16N2O4/c1-4-21-15(19)12-13(9(2)18)16-17-14(12)10-5-7-11(20-3)8-6-10/h5-8H,4H2,1-3H3,(H,16,17). The average Bonchev–Trinajstić information content (AvgIpc) is 2.92. The van der Waals surface area contributed by atoms with E-state index in [1.165, 1.54) is 6.92 Å². The van der Waals surface area contributed by atoms with E-state index in [1.54, 1.807) is 38.3 Å². The van der Waals surface area contributed by atoms with Crippen molar-refractivity contribution >= 4 is 11.8 Å². The van der Waals surface area contributed by atoms with Gasteiger partial charge < -0.3 is 9.47 Å². The number of methoxy groups -OCH3 is 1. The highest BCUT2D eigenvalue weighted by Gasteiger charge is 2.24. The van der Waals surface area contributed by atoms with Crippen LogP contribution in [0.4, 0.5) is 0 Å². The molecule has 0 fully saturated rings. The molecular formula is C15H16N2O4. The van der Waals surface area contributed by atoms with E-state index in [2.05, 4.69) is 10.2 Å². The molecule has 2 rings (SSSR count). The van der Waals surface area contributed by atoms with Crippen LogP contribution in [0.3, 0.4) is 0 Å². The van der Waals surface area contributed by atoms with Crippen molar-refractivity contribution in [3.63, 3.8) is 0 Å². The number of benzene rings is 1. The molecule has 2 aromatic rings. The summed E-state index contributed by atoms with van der Waals surface area (Å²) >= 11 is 0. The number of aromatic nitrogens is 2. The predicted octanol–water partition coefficient (Wildman–Crippen LogP) is 2.46. The number of aromatic amines is 1. The monoisotopic (exact) mass is 288 g/mol. The molecule has 6 heteroatoms. The van der Waals surface area contributed by atoms with Gasteiger partial charge in [-0.15, -0.1) is 0 Å². The predicted molar refractivity (Wildman–Crippen MR) is 76.5 cm³/mol. The number of Topliss-reactive ketones (excluding diaryl/α,β-unsaturated/α-hetero) is 1. The summed E-state index contributed by atoms with van der Waals surface area (Å²) in [6.07, 6.45) is 0. The highest BCUT2D eigenvalue weighted by molar-refractivity contribution is 6.07. The number of hydrogen-bond donors (Lipinski definition) is 1. The molecule has 0 radical (unpaired) electrons. The van der Waals surface area contributed by atoms with Crippen LogP contribution in [0.15, 0.2) is 24.3 Å². The number of carbonyl (C=O) groups excluding carboxylic acids is 2. The Morgan fingerprint density at radius 1 is 1.24 bits per heavy atom. The van der Waals surface area contributed by atoms with Gasteiger partial charge in [0.1, 0.15) is 22.7 Å². The first-order valence-corrected chi connectivity index (χ1v) is 6.49. The number of nitrogens with one attached hydrogen (secondary N) is 1. The van der Waals surface area contributed by atoms with Crippen molar-refractivity contribution in [3.05, 3.63) is 35.5 Å². The minimum atomic E-state index is -0.567. The van der Waals surface area contributed by atoms with Crippen LogP contribution in [0.1, 0.15) is 34.7 Å². The number of hydrogen-bond acceptors (Lipinski definition) is 5. The molecule has 0 aliphatic rings. The number of esters is 1.